The lowest BCUT2D eigenvalue weighted by atomic mass is 10.2. The van der Waals surface area contributed by atoms with E-state index in [0.29, 0.717) is 0 Å². The van der Waals surface area contributed by atoms with Crippen LogP contribution in [0.5, 0.6) is 0 Å². The number of nitrogens with one attached hydrogen (secondary N) is 1. The topological polar surface area (TPSA) is 67.9 Å². The number of hydrogen-bond donors (Lipinski definition) is 1. The maximum atomic E-state index is 12.8. The highest BCUT2D eigenvalue weighted by molar-refractivity contribution is 5.85. The third-order valence-corrected chi connectivity index (χ3v) is 3.16. The zero-order valence-electron chi connectivity index (χ0n) is 15.7. The number of carbonyl (C=O) groups excluding carboxylic acids is 2. The minimum absolute atomic E-state index is 0.190. The number of hydrogen-bond acceptors (Lipinski definition) is 4. The molecule has 0 aromatic heterocycles. The molecule has 142 valence electrons. The maximum Gasteiger partial charge on any atom is 0.408 e. The Bertz CT molecular complexity index is 608. The van der Waals surface area contributed by atoms with Crippen molar-refractivity contribution < 1.29 is 19.2 Å². The highest BCUT2D eigenvalue weighted by Gasteiger charge is 2.27. The van der Waals surface area contributed by atoms with E-state index in [2.05, 4.69) is 18.5 Å². The van der Waals surface area contributed by atoms with Gasteiger partial charge in [-0.1, -0.05) is 42.5 Å². The first-order valence-corrected chi connectivity index (χ1v) is 8.46. The number of benzene rings is 1. The van der Waals surface area contributed by atoms with Crippen molar-refractivity contribution in [2.45, 2.75) is 45.4 Å². The molecule has 0 saturated heterocycles. The van der Waals surface area contributed by atoms with Crippen LogP contribution in [-0.4, -0.2) is 35.3 Å². The van der Waals surface area contributed by atoms with Gasteiger partial charge >= 0.3 is 6.09 Å². The SMILES string of the molecule is C=CCC(NC(=O)OC(C)(C)C)C(=O)N(CC=C)OCc1ccccc1. The first kappa shape index (κ1) is 21.4. The van der Waals surface area contributed by atoms with Gasteiger partial charge in [-0.25, -0.2) is 9.86 Å². The highest BCUT2D eigenvalue weighted by atomic mass is 16.7. The van der Waals surface area contributed by atoms with Gasteiger partial charge in [0.2, 0.25) is 0 Å². The fourth-order valence-corrected chi connectivity index (χ4v) is 2.06. The Morgan fingerprint density at radius 2 is 1.85 bits per heavy atom. The van der Waals surface area contributed by atoms with Crippen molar-refractivity contribution in [3.63, 3.8) is 0 Å². The molecule has 26 heavy (non-hydrogen) atoms. The van der Waals surface area contributed by atoms with E-state index >= 15 is 0 Å². The maximum absolute atomic E-state index is 12.8. The zero-order valence-corrected chi connectivity index (χ0v) is 15.7. The Balaban J connectivity index is 2.78. The first-order valence-electron chi connectivity index (χ1n) is 8.46. The van der Waals surface area contributed by atoms with Crippen LogP contribution in [0.2, 0.25) is 0 Å². The molecular weight excluding hydrogens is 332 g/mol. The summed E-state index contributed by atoms with van der Waals surface area (Å²) < 4.78 is 5.22. The average Bonchev–Trinajstić information content (AvgIpc) is 2.57. The lowest BCUT2D eigenvalue weighted by Gasteiger charge is -2.27. The van der Waals surface area contributed by atoms with Gasteiger partial charge in [0.1, 0.15) is 18.2 Å². The largest absolute Gasteiger partial charge is 0.444 e. The normalized spacial score (nSPS) is 12.0. The number of alkyl carbamates (subject to hydrolysis) is 1. The molecule has 1 aromatic rings. The van der Waals surface area contributed by atoms with E-state index in [-0.39, 0.29) is 19.6 Å². The molecule has 6 nitrogen and oxygen atoms in total. The van der Waals surface area contributed by atoms with Crippen LogP contribution >= 0.6 is 0 Å². The van der Waals surface area contributed by atoms with Gasteiger partial charge in [0.25, 0.3) is 5.91 Å². The molecular formula is C20H28N2O4. The van der Waals surface area contributed by atoms with Gasteiger partial charge in [0, 0.05) is 0 Å². The second-order valence-electron chi connectivity index (χ2n) is 6.67. The first-order chi connectivity index (χ1) is 12.3. The van der Waals surface area contributed by atoms with Gasteiger partial charge in [-0.2, -0.15) is 0 Å². The Morgan fingerprint density at radius 1 is 1.19 bits per heavy atom. The molecule has 0 aliphatic carbocycles. The van der Waals surface area contributed by atoms with Crippen LogP contribution in [0.1, 0.15) is 32.8 Å². The summed E-state index contributed by atoms with van der Waals surface area (Å²) in [6, 6.07) is 8.65. The summed E-state index contributed by atoms with van der Waals surface area (Å²) in [4.78, 5) is 30.4. The summed E-state index contributed by atoms with van der Waals surface area (Å²) in [6.45, 7) is 13.0. The number of carbonyl (C=O) groups is 2. The quantitative estimate of drug-likeness (QED) is 0.540. The summed E-state index contributed by atoms with van der Waals surface area (Å²) in [6.07, 6.45) is 2.70. The second kappa shape index (κ2) is 10.4. The van der Waals surface area contributed by atoms with Crippen molar-refractivity contribution in [1.82, 2.24) is 10.4 Å². The fourth-order valence-electron chi connectivity index (χ4n) is 2.06. The van der Waals surface area contributed by atoms with Crippen LogP contribution in [-0.2, 0) is 21.0 Å². The third kappa shape index (κ3) is 7.98. The molecule has 0 radical (unpaired) electrons. The number of amides is 2. The Hall–Kier alpha value is -2.60. The Morgan fingerprint density at radius 3 is 2.38 bits per heavy atom. The monoisotopic (exact) mass is 360 g/mol. The third-order valence-electron chi connectivity index (χ3n) is 3.16. The van der Waals surface area contributed by atoms with E-state index in [9.17, 15) is 9.59 Å². The molecule has 0 fully saturated rings. The summed E-state index contributed by atoms with van der Waals surface area (Å²) in [5.74, 6) is -0.397. The standard InChI is InChI=1S/C20H28N2O4/c1-6-11-17(21-19(24)26-20(3,4)5)18(23)22(14-7-2)25-15-16-12-9-8-10-13-16/h6-10,12-13,17H,1-2,11,14-15H2,3-5H3,(H,21,24). The van der Waals surface area contributed by atoms with Gasteiger partial charge in [-0.3, -0.25) is 9.63 Å². The second-order valence-corrected chi connectivity index (χ2v) is 6.67. The predicted octanol–water partition coefficient (Wildman–Crippen LogP) is 3.60. The van der Waals surface area contributed by atoms with E-state index in [1.807, 2.05) is 30.3 Å². The zero-order chi connectivity index (χ0) is 19.6. The number of nitrogens with zero attached hydrogens (tertiary/aromatic N) is 1. The molecule has 0 aliphatic rings. The fraction of sp³-hybridized carbons (Fsp3) is 0.400. The van der Waals surface area contributed by atoms with Crippen LogP contribution in [0, 0.1) is 0 Å². The lowest BCUT2D eigenvalue weighted by molar-refractivity contribution is -0.190. The Kier molecular flexibility index (Phi) is 8.58. The van der Waals surface area contributed by atoms with E-state index in [0.717, 1.165) is 5.56 Å². The number of hydroxylamine groups is 2. The predicted molar refractivity (Wildman–Crippen MR) is 101 cm³/mol. The van der Waals surface area contributed by atoms with E-state index in [4.69, 9.17) is 9.57 Å². The molecule has 0 spiro atoms. The smallest absolute Gasteiger partial charge is 0.408 e. The lowest BCUT2D eigenvalue weighted by Crippen LogP contribution is -2.49. The van der Waals surface area contributed by atoms with Crippen molar-refractivity contribution in [3.05, 3.63) is 61.2 Å². The molecule has 1 atom stereocenters. The van der Waals surface area contributed by atoms with Crippen LogP contribution in [0.4, 0.5) is 4.79 Å². The number of ether oxygens (including phenoxy) is 1. The van der Waals surface area contributed by atoms with Crippen molar-refractivity contribution in [2.24, 2.45) is 0 Å². The van der Waals surface area contributed by atoms with E-state index in [1.54, 1.807) is 32.9 Å². The van der Waals surface area contributed by atoms with Crippen LogP contribution < -0.4 is 5.32 Å². The summed E-state index contributed by atoms with van der Waals surface area (Å²) >= 11 is 0. The van der Waals surface area contributed by atoms with Gasteiger partial charge in [0.15, 0.2) is 0 Å². The van der Waals surface area contributed by atoms with Crippen molar-refractivity contribution >= 4 is 12.0 Å². The van der Waals surface area contributed by atoms with Crippen LogP contribution in [0.25, 0.3) is 0 Å². The Labute approximate surface area is 155 Å². The summed E-state index contributed by atoms with van der Waals surface area (Å²) in [5, 5.41) is 3.76. The van der Waals surface area contributed by atoms with Gasteiger partial charge < -0.3 is 10.1 Å². The van der Waals surface area contributed by atoms with Crippen molar-refractivity contribution in [3.8, 4) is 0 Å². The van der Waals surface area contributed by atoms with Gasteiger partial charge in [-0.15, -0.1) is 13.2 Å². The summed E-state index contributed by atoms with van der Waals surface area (Å²) in [7, 11) is 0. The molecule has 1 aromatic carbocycles. The van der Waals surface area contributed by atoms with E-state index in [1.165, 1.54) is 5.06 Å². The molecule has 0 bridgehead atoms. The van der Waals surface area contributed by atoms with Gasteiger partial charge in [-0.05, 0) is 32.8 Å². The molecule has 6 heteroatoms. The molecule has 0 heterocycles. The van der Waals surface area contributed by atoms with Crippen molar-refractivity contribution in [2.75, 3.05) is 6.54 Å². The minimum Gasteiger partial charge on any atom is -0.444 e. The minimum atomic E-state index is -0.835. The molecule has 1 unspecified atom stereocenters. The molecule has 2 amide bonds. The molecule has 0 saturated carbocycles. The average molecular weight is 360 g/mol. The van der Waals surface area contributed by atoms with Crippen LogP contribution in [0.3, 0.4) is 0 Å². The summed E-state index contributed by atoms with van der Waals surface area (Å²) in [5.41, 5.74) is 0.269. The number of rotatable bonds is 9. The van der Waals surface area contributed by atoms with E-state index < -0.39 is 23.6 Å². The molecule has 1 rings (SSSR count). The molecule has 1 N–H and O–H groups in total. The van der Waals surface area contributed by atoms with Gasteiger partial charge in [0.05, 0.1) is 6.54 Å². The molecule has 0 aliphatic heterocycles. The van der Waals surface area contributed by atoms with Crippen molar-refractivity contribution in [1.29, 1.82) is 0 Å². The van der Waals surface area contributed by atoms with Crippen LogP contribution in [0.15, 0.2) is 55.6 Å². The highest BCUT2D eigenvalue weighted by Crippen LogP contribution is 2.10.